The van der Waals surface area contributed by atoms with Crippen LogP contribution in [-0.2, 0) is 11.2 Å². The number of methoxy groups -OCH3 is 1. The third-order valence-corrected chi connectivity index (χ3v) is 3.86. The quantitative estimate of drug-likeness (QED) is 0.835. The lowest BCUT2D eigenvalue weighted by Crippen LogP contribution is -2.04. The number of nitrogens with zero attached hydrogens (tertiary/aromatic N) is 2. The van der Waals surface area contributed by atoms with E-state index in [0.717, 1.165) is 27.6 Å². The average Bonchev–Trinajstić information content (AvgIpc) is 2.58. The van der Waals surface area contributed by atoms with E-state index in [9.17, 15) is 4.79 Å². The summed E-state index contributed by atoms with van der Waals surface area (Å²) in [5, 5.41) is 0. The van der Waals surface area contributed by atoms with Crippen LogP contribution in [0.25, 0.3) is 11.1 Å². The molecule has 0 saturated carbocycles. The second kappa shape index (κ2) is 8.48. The second-order valence-electron chi connectivity index (χ2n) is 4.13. The highest BCUT2D eigenvalue weighted by molar-refractivity contribution is 9.10. The largest absolute Gasteiger partial charge is 0.464 e. The Labute approximate surface area is 139 Å². The number of halogens is 1. The Balaban J connectivity index is 0.00000116. The molecule has 0 spiro atoms. The summed E-state index contributed by atoms with van der Waals surface area (Å²) < 4.78 is 5.42. The Bertz CT molecular complexity index is 643. The molecule has 0 unspecified atom stereocenters. The summed E-state index contributed by atoms with van der Waals surface area (Å²) in [6.07, 6.45) is 4.15. The molecule has 2 N–H and O–H groups in total. The molecule has 0 aliphatic carbocycles. The second-order valence-corrected chi connectivity index (χ2v) is 4.92. The van der Waals surface area contributed by atoms with Gasteiger partial charge in [-0.15, -0.1) is 0 Å². The molecular formula is C16H20BrN3O2. The van der Waals surface area contributed by atoms with Gasteiger partial charge in [0, 0.05) is 23.5 Å². The minimum atomic E-state index is -0.455. The zero-order valence-corrected chi connectivity index (χ0v) is 14.8. The number of anilines is 1. The number of rotatable bonds is 3. The van der Waals surface area contributed by atoms with Crippen LogP contribution in [0.1, 0.15) is 36.8 Å². The predicted octanol–water partition coefficient (Wildman–Crippen LogP) is 3.86. The molecule has 0 atom stereocenters. The van der Waals surface area contributed by atoms with Gasteiger partial charge >= 0.3 is 5.97 Å². The molecule has 0 bridgehead atoms. The van der Waals surface area contributed by atoms with Crippen molar-refractivity contribution in [2.75, 3.05) is 12.8 Å². The lowest BCUT2D eigenvalue weighted by molar-refractivity contribution is 0.0594. The van der Waals surface area contributed by atoms with Crippen molar-refractivity contribution in [2.45, 2.75) is 27.2 Å². The molecular weight excluding hydrogens is 346 g/mol. The number of nitrogen functional groups attached to an aromatic ring is 1. The number of hydrogen-bond acceptors (Lipinski definition) is 5. The molecule has 2 aromatic rings. The first-order valence-electron chi connectivity index (χ1n) is 7.06. The van der Waals surface area contributed by atoms with Crippen LogP contribution in [0.4, 0.5) is 5.82 Å². The van der Waals surface area contributed by atoms with Crippen LogP contribution < -0.4 is 5.73 Å². The molecule has 5 nitrogen and oxygen atoms in total. The number of esters is 1. The fourth-order valence-corrected chi connectivity index (χ4v) is 2.51. The number of pyridine rings is 2. The maximum Gasteiger partial charge on any atom is 0.356 e. The Kier molecular flexibility index (Phi) is 6.98. The predicted molar refractivity (Wildman–Crippen MR) is 91.6 cm³/mol. The molecule has 0 amide bonds. The van der Waals surface area contributed by atoms with E-state index in [1.54, 1.807) is 18.5 Å². The molecule has 2 aromatic heterocycles. The van der Waals surface area contributed by atoms with Gasteiger partial charge in [0.15, 0.2) is 0 Å². The third-order valence-electron chi connectivity index (χ3n) is 2.97. The molecule has 2 rings (SSSR count). The van der Waals surface area contributed by atoms with Crippen molar-refractivity contribution in [1.29, 1.82) is 0 Å². The van der Waals surface area contributed by atoms with Crippen molar-refractivity contribution in [2.24, 2.45) is 0 Å². The molecule has 118 valence electrons. The van der Waals surface area contributed by atoms with Gasteiger partial charge in [0.2, 0.25) is 0 Å². The highest BCUT2D eigenvalue weighted by Gasteiger charge is 2.13. The van der Waals surface area contributed by atoms with Crippen LogP contribution in [0.5, 0.6) is 0 Å². The first kappa shape index (κ1) is 18.1. The summed E-state index contributed by atoms with van der Waals surface area (Å²) in [5.41, 5.74) is 8.94. The minimum absolute atomic E-state index is 0.275. The highest BCUT2D eigenvalue weighted by atomic mass is 79.9. The van der Waals surface area contributed by atoms with Gasteiger partial charge < -0.3 is 10.5 Å². The number of ether oxygens (including phenoxy) is 1. The van der Waals surface area contributed by atoms with Crippen LogP contribution in [0.15, 0.2) is 29.0 Å². The first-order valence-corrected chi connectivity index (χ1v) is 7.85. The molecule has 0 fully saturated rings. The van der Waals surface area contributed by atoms with Gasteiger partial charge in [-0.1, -0.05) is 26.8 Å². The number of nitrogens with two attached hydrogens (primary N) is 1. The maximum atomic E-state index is 11.4. The average molecular weight is 366 g/mol. The first-order chi connectivity index (χ1) is 10.6. The smallest absolute Gasteiger partial charge is 0.356 e. The van der Waals surface area contributed by atoms with E-state index in [1.807, 2.05) is 26.8 Å². The summed E-state index contributed by atoms with van der Waals surface area (Å²) in [5.74, 6) is 0.00798. The van der Waals surface area contributed by atoms with E-state index >= 15 is 0 Å². The third kappa shape index (κ3) is 3.82. The van der Waals surface area contributed by atoms with E-state index < -0.39 is 5.97 Å². The zero-order valence-electron chi connectivity index (χ0n) is 13.2. The van der Waals surface area contributed by atoms with Crippen LogP contribution >= 0.6 is 15.9 Å². The van der Waals surface area contributed by atoms with Gasteiger partial charge in [-0.2, -0.15) is 0 Å². The molecule has 0 radical (unpaired) electrons. The Hall–Kier alpha value is -1.95. The maximum absolute atomic E-state index is 11.4. The fourth-order valence-electron chi connectivity index (χ4n) is 1.91. The van der Waals surface area contributed by atoms with Crippen molar-refractivity contribution < 1.29 is 9.53 Å². The Morgan fingerprint density at radius 2 is 1.95 bits per heavy atom. The monoisotopic (exact) mass is 365 g/mol. The van der Waals surface area contributed by atoms with Crippen LogP contribution in [-0.4, -0.2) is 23.0 Å². The van der Waals surface area contributed by atoms with Gasteiger partial charge in [0.05, 0.1) is 11.6 Å². The van der Waals surface area contributed by atoms with E-state index in [1.165, 1.54) is 7.11 Å². The summed E-state index contributed by atoms with van der Waals surface area (Å²) in [4.78, 5) is 19.6. The summed E-state index contributed by atoms with van der Waals surface area (Å²) in [6, 6.07) is 3.45. The van der Waals surface area contributed by atoms with Crippen LogP contribution in [0.2, 0.25) is 0 Å². The van der Waals surface area contributed by atoms with Crippen LogP contribution in [0, 0.1) is 0 Å². The van der Waals surface area contributed by atoms with E-state index in [4.69, 9.17) is 5.73 Å². The summed E-state index contributed by atoms with van der Waals surface area (Å²) in [6.45, 7) is 6.04. The highest BCUT2D eigenvalue weighted by Crippen LogP contribution is 2.31. The fraction of sp³-hybridized carbons (Fsp3) is 0.312. The van der Waals surface area contributed by atoms with Crippen molar-refractivity contribution in [1.82, 2.24) is 9.97 Å². The van der Waals surface area contributed by atoms with Crippen molar-refractivity contribution in [3.8, 4) is 11.1 Å². The Morgan fingerprint density at radius 1 is 1.27 bits per heavy atom. The van der Waals surface area contributed by atoms with Gasteiger partial charge in [-0.3, -0.25) is 0 Å². The number of hydrogen-bond donors (Lipinski definition) is 1. The standard InChI is InChI=1S/C14H14BrN3O2.C2H6/c1-3-9-10(7-18-13(16)12(9)15)8-4-5-11(17-6-8)14(19)20-2;1-2/h4-7H,3H2,1-2H3,(H2,16,18);1-2H3. The van der Waals surface area contributed by atoms with Gasteiger partial charge in [-0.25, -0.2) is 14.8 Å². The molecule has 0 saturated heterocycles. The lowest BCUT2D eigenvalue weighted by Gasteiger charge is -2.11. The van der Waals surface area contributed by atoms with E-state index in [2.05, 4.69) is 30.6 Å². The molecule has 0 aliphatic heterocycles. The SMILES string of the molecule is CC.CCc1c(-c2ccc(C(=O)OC)nc2)cnc(N)c1Br. The number of aromatic nitrogens is 2. The number of carbonyl (C=O) groups excluding carboxylic acids is 1. The molecule has 22 heavy (non-hydrogen) atoms. The summed E-state index contributed by atoms with van der Waals surface area (Å²) >= 11 is 3.46. The lowest BCUT2D eigenvalue weighted by atomic mass is 10.0. The van der Waals surface area contributed by atoms with E-state index in [0.29, 0.717) is 5.82 Å². The van der Waals surface area contributed by atoms with Gasteiger partial charge in [-0.05, 0) is 34.0 Å². The number of carbonyl (C=O) groups is 1. The van der Waals surface area contributed by atoms with Gasteiger partial charge in [0.25, 0.3) is 0 Å². The molecule has 0 aliphatic rings. The molecule has 6 heteroatoms. The Morgan fingerprint density at radius 3 is 2.45 bits per heavy atom. The summed E-state index contributed by atoms with van der Waals surface area (Å²) in [7, 11) is 1.33. The normalized spacial score (nSPS) is 9.68. The zero-order chi connectivity index (χ0) is 16.7. The molecule has 0 aromatic carbocycles. The molecule has 2 heterocycles. The van der Waals surface area contributed by atoms with Crippen LogP contribution in [0.3, 0.4) is 0 Å². The van der Waals surface area contributed by atoms with Crippen molar-refractivity contribution >= 4 is 27.7 Å². The minimum Gasteiger partial charge on any atom is -0.464 e. The van der Waals surface area contributed by atoms with Gasteiger partial charge in [0.1, 0.15) is 11.5 Å². The van der Waals surface area contributed by atoms with Crippen molar-refractivity contribution in [3.63, 3.8) is 0 Å². The topological polar surface area (TPSA) is 78.1 Å². The van der Waals surface area contributed by atoms with E-state index in [-0.39, 0.29) is 5.69 Å². The van der Waals surface area contributed by atoms with Crippen molar-refractivity contribution in [3.05, 3.63) is 40.3 Å².